The van der Waals surface area contributed by atoms with Crippen LogP contribution >= 0.6 is 0 Å². The average Bonchev–Trinajstić information content (AvgIpc) is 1.98. The molecular formula is C7H14O3. The van der Waals surface area contributed by atoms with Crippen molar-refractivity contribution in [1.29, 1.82) is 0 Å². The minimum atomic E-state index is -0.0926. The van der Waals surface area contributed by atoms with Gasteiger partial charge in [0.1, 0.15) is 6.79 Å². The second-order valence-electron chi connectivity index (χ2n) is 1.86. The van der Waals surface area contributed by atoms with Crippen molar-refractivity contribution in [3.63, 3.8) is 0 Å². The van der Waals surface area contributed by atoms with Gasteiger partial charge in [0.15, 0.2) is 0 Å². The van der Waals surface area contributed by atoms with Crippen molar-refractivity contribution in [2.24, 2.45) is 0 Å². The molecule has 0 radical (unpaired) electrons. The second kappa shape index (κ2) is 6.74. The lowest BCUT2D eigenvalue weighted by Gasteiger charge is -2.10. The maximum Gasteiger partial charge on any atom is 0.147 e. The standard InChI is InChI=1S/C7H14O3/c1-3-7(4-5-8)10-6-9-2/h3,7-8H,1,4-6H2,2H3. The van der Waals surface area contributed by atoms with Crippen molar-refractivity contribution < 1.29 is 14.6 Å². The summed E-state index contributed by atoms with van der Waals surface area (Å²) in [6, 6.07) is 0. The normalized spacial score (nSPS) is 13.0. The zero-order valence-electron chi connectivity index (χ0n) is 6.25. The molecule has 0 aromatic rings. The summed E-state index contributed by atoms with van der Waals surface area (Å²) < 4.78 is 9.75. The summed E-state index contributed by atoms with van der Waals surface area (Å²) in [5.74, 6) is 0. The van der Waals surface area contributed by atoms with Gasteiger partial charge in [0.25, 0.3) is 0 Å². The molecule has 3 nitrogen and oxygen atoms in total. The van der Waals surface area contributed by atoms with E-state index in [0.29, 0.717) is 6.42 Å². The Morgan fingerprint density at radius 3 is 2.80 bits per heavy atom. The predicted molar refractivity (Wildman–Crippen MR) is 38.6 cm³/mol. The van der Waals surface area contributed by atoms with Gasteiger partial charge in [-0.1, -0.05) is 6.08 Å². The largest absolute Gasteiger partial charge is 0.396 e. The van der Waals surface area contributed by atoms with Crippen molar-refractivity contribution in [2.75, 3.05) is 20.5 Å². The Kier molecular flexibility index (Phi) is 6.48. The highest BCUT2D eigenvalue weighted by atomic mass is 16.7. The molecule has 0 rings (SSSR count). The predicted octanol–water partition coefficient (Wildman–Crippen LogP) is 0.544. The number of hydrogen-bond acceptors (Lipinski definition) is 3. The summed E-state index contributed by atoms with van der Waals surface area (Å²) in [6.45, 7) is 3.90. The summed E-state index contributed by atoms with van der Waals surface area (Å²) in [7, 11) is 1.55. The molecule has 10 heavy (non-hydrogen) atoms. The molecule has 1 N–H and O–H groups in total. The fraction of sp³-hybridized carbons (Fsp3) is 0.714. The van der Waals surface area contributed by atoms with Crippen molar-refractivity contribution >= 4 is 0 Å². The fourth-order valence-electron chi connectivity index (χ4n) is 0.552. The van der Waals surface area contributed by atoms with Gasteiger partial charge in [-0.05, 0) is 0 Å². The van der Waals surface area contributed by atoms with Crippen molar-refractivity contribution in [3.8, 4) is 0 Å². The van der Waals surface area contributed by atoms with Crippen LogP contribution in [0.1, 0.15) is 6.42 Å². The smallest absolute Gasteiger partial charge is 0.147 e. The third kappa shape index (κ3) is 4.49. The molecular weight excluding hydrogens is 132 g/mol. The highest BCUT2D eigenvalue weighted by molar-refractivity contribution is 4.78. The van der Waals surface area contributed by atoms with Crippen LogP contribution in [0.2, 0.25) is 0 Å². The van der Waals surface area contributed by atoms with E-state index < -0.39 is 0 Å². The molecule has 3 heteroatoms. The molecule has 0 bridgehead atoms. The van der Waals surface area contributed by atoms with Crippen LogP contribution in [0.3, 0.4) is 0 Å². The number of aliphatic hydroxyl groups is 1. The first-order valence-electron chi connectivity index (χ1n) is 3.19. The number of rotatable bonds is 6. The first-order chi connectivity index (χ1) is 4.85. The van der Waals surface area contributed by atoms with Crippen LogP contribution in [0.5, 0.6) is 0 Å². The zero-order valence-corrected chi connectivity index (χ0v) is 6.25. The van der Waals surface area contributed by atoms with Gasteiger partial charge >= 0.3 is 0 Å². The summed E-state index contributed by atoms with van der Waals surface area (Å²) in [5, 5.41) is 8.50. The molecule has 1 atom stereocenters. The lowest BCUT2D eigenvalue weighted by atomic mass is 10.3. The topological polar surface area (TPSA) is 38.7 Å². The number of aliphatic hydroxyl groups excluding tert-OH is 1. The first-order valence-corrected chi connectivity index (χ1v) is 3.19. The minimum Gasteiger partial charge on any atom is -0.396 e. The van der Waals surface area contributed by atoms with Gasteiger partial charge in [0, 0.05) is 20.1 Å². The summed E-state index contributed by atoms with van der Waals surface area (Å²) >= 11 is 0. The Labute approximate surface area is 61.3 Å². The lowest BCUT2D eigenvalue weighted by Crippen LogP contribution is -2.12. The quantitative estimate of drug-likeness (QED) is 0.439. The van der Waals surface area contributed by atoms with Crippen LogP contribution in [0.25, 0.3) is 0 Å². The number of methoxy groups -OCH3 is 1. The van der Waals surface area contributed by atoms with E-state index in [0.717, 1.165) is 0 Å². The van der Waals surface area contributed by atoms with E-state index in [1.807, 2.05) is 0 Å². The molecule has 0 amide bonds. The van der Waals surface area contributed by atoms with Gasteiger partial charge < -0.3 is 14.6 Å². The monoisotopic (exact) mass is 146 g/mol. The Morgan fingerprint density at radius 1 is 1.70 bits per heavy atom. The van der Waals surface area contributed by atoms with Crippen LogP contribution in [0, 0.1) is 0 Å². The molecule has 0 heterocycles. The molecule has 0 saturated carbocycles. The van der Waals surface area contributed by atoms with E-state index in [1.54, 1.807) is 13.2 Å². The molecule has 0 saturated heterocycles. The van der Waals surface area contributed by atoms with Gasteiger partial charge in [-0.3, -0.25) is 0 Å². The molecule has 1 unspecified atom stereocenters. The maximum absolute atomic E-state index is 8.50. The lowest BCUT2D eigenvalue weighted by molar-refractivity contribution is -0.0605. The van der Waals surface area contributed by atoms with Crippen LogP contribution in [0.15, 0.2) is 12.7 Å². The van der Waals surface area contributed by atoms with E-state index in [9.17, 15) is 0 Å². The Balaban J connectivity index is 3.29. The third-order valence-corrected chi connectivity index (χ3v) is 1.08. The van der Waals surface area contributed by atoms with Gasteiger partial charge in [0.05, 0.1) is 6.10 Å². The van der Waals surface area contributed by atoms with Crippen LogP contribution in [-0.4, -0.2) is 31.7 Å². The number of hydrogen-bond donors (Lipinski definition) is 1. The molecule has 0 aromatic carbocycles. The summed E-state index contributed by atoms with van der Waals surface area (Å²) in [4.78, 5) is 0. The number of ether oxygens (including phenoxy) is 2. The van der Waals surface area contributed by atoms with Crippen LogP contribution < -0.4 is 0 Å². The molecule has 0 aromatic heterocycles. The maximum atomic E-state index is 8.50. The van der Waals surface area contributed by atoms with E-state index in [1.165, 1.54) is 0 Å². The van der Waals surface area contributed by atoms with Crippen LogP contribution in [0.4, 0.5) is 0 Å². The van der Waals surface area contributed by atoms with E-state index >= 15 is 0 Å². The molecule has 0 aliphatic rings. The highest BCUT2D eigenvalue weighted by Gasteiger charge is 2.00. The average molecular weight is 146 g/mol. The summed E-state index contributed by atoms with van der Waals surface area (Å²) in [5.41, 5.74) is 0. The fourth-order valence-corrected chi connectivity index (χ4v) is 0.552. The van der Waals surface area contributed by atoms with Gasteiger partial charge in [0.2, 0.25) is 0 Å². The van der Waals surface area contributed by atoms with Crippen molar-refractivity contribution in [3.05, 3.63) is 12.7 Å². The molecule has 0 fully saturated rings. The summed E-state index contributed by atoms with van der Waals surface area (Å²) in [6.07, 6.45) is 2.13. The van der Waals surface area contributed by atoms with Gasteiger partial charge in [-0.15, -0.1) is 6.58 Å². The van der Waals surface area contributed by atoms with E-state index in [-0.39, 0.29) is 19.5 Å². The van der Waals surface area contributed by atoms with Crippen LogP contribution in [-0.2, 0) is 9.47 Å². The van der Waals surface area contributed by atoms with E-state index in [4.69, 9.17) is 9.84 Å². The highest BCUT2D eigenvalue weighted by Crippen LogP contribution is 1.97. The first kappa shape index (κ1) is 9.62. The second-order valence-corrected chi connectivity index (χ2v) is 1.86. The Morgan fingerprint density at radius 2 is 2.40 bits per heavy atom. The SMILES string of the molecule is C=CC(CCO)OCOC. The Hall–Kier alpha value is -0.380. The third-order valence-electron chi connectivity index (χ3n) is 1.08. The van der Waals surface area contributed by atoms with Crippen molar-refractivity contribution in [2.45, 2.75) is 12.5 Å². The van der Waals surface area contributed by atoms with E-state index in [2.05, 4.69) is 11.3 Å². The molecule has 0 aliphatic heterocycles. The minimum absolute atomic E-state index is 0.0926. The molecule has 60 valence electrons. The van der Waals surface area contributed by atoms with Crippen molar-refractivity contribution in [1.82, 2.24) is 0 Å². The van der Waals surface area contributed by atoms with Gasteiger partial charge in [-0.25, -0.2) is 0 Å². The molecule has 0 aliphatic carbocycles. The Bertz CT molecular complexity index is 82.9. The molecule has 0 spiro atoms. The van der Waals surface area contributed by atoms with Gasteiger partial charge in [-0.2, -0.15) is 0 Å². The zero-order chi connectivity index (χ0) is 7.82.